The standard InChI is InChI=1S/C14H24N4O2/c1-4-6-12(19)15-11-7-5-8-18(9-11)14-16-13(10(2)3)17-20-14/h10-11H,4-9H2,1-3H3,(H,15,19). The van der Waals surface area contributed by atoms with Crippen LogP contribution in [0.1, 0.15) is 58.2 Å². The number of anilines is 1. The largest absolute Gasteiger partial charge is 0.352 e. The van der Waals surface area contributed by atoms with Gasteiger partial charge in [0, 0.05) is 31.5 Å². The van der Waals surface area contributed by atoms with Gasteiger partial charge in [0.1, 0.15) is 0 Å². The lowest BCUT2D eigenvalue weighted by atomic mass is 10.1. The van der Waals surface area contributed by atoms with Crippen LogP contribution in [-0.4, -0.2) is 35.2 Å². The monoisotopic (exact) mass is 280 g/mol. The molecule has 1 aromatic heterocycles. The molecule has 1 atom stereocenters. The Balaban J connectivity index is 1.93. The van der Waals surface area contributed by atoms with Crippen molar-refractivity contribution in [3.8, 4) is 0 Å². The zero-order chi connectivity index (χ0) is 14.5. The molecule has 1 fully saturated rings. The number of rotatable bonds is 5. The van der Waals surface area contributed by atoms with Crippen LogP contribution in [0.2, 0.25) is 0 Å². The molecule has 1 aromatic rings. The van der Waals surface area contributed by atoms with Crippen LogP contribution >= 0.6 is 0 Å². The number of nitrogens with one attached hydrogen (secondary N) is 1. The topological polar surface area (TPSA) is 71.3 Å². The van der Waals surface area contributed by atoms with E-state index >= 15 is 0 Å². The highest BCUT2D eigenvalue weighted by molar-refractivity contribution is 5.76. The zero-order valence-corrected chi connectivity index (χ0v) is 12.6. The number of carbonyl (C=O) groups is 1. The van der Waals surface area contributed by atoms with E-state index in [-0.39, 0.29) is 17.9 Å². The molecular weight excluding hydrogens is 256 g/mol. The van der Waals surface area contributed by atoms with Crippen molar-refractivity contribution in [1.29, 1.82) is 0 Å². The Morgan fingerprint density at radius 1 is 1.55 bits per heavy atom. The van der Waals surface area contributed by atoms with E-state index in [1.165, 1.54) is 0 Å². The van der Waals surface area contributed by atoms with Gasteiger partial charge in [-0.15, -0.1) is 0 Å². The molecule has 1 amide bonds. The van der Waals surface area contributed by atoms with Crippen LogP contribution in [0.5, 0.6) is 0 Å². The van der Waals surface area contributed by atoms with Gasteiger partial charge in [-0.2, -0.15) is 4.98 Å². The maximum absolute atomic E-state index is 11.7. The first-order valence-electron chi connectivity index (χ1n) is 7.48. The van der Waals surface area contributed by atoms with E-state index in [1.807, 2.05) is 20.8 Å². The Morgan fingerprint density at radius 3 is 3.00 bits per heavy atom. The fourth-order valence-corrected chi connectivity index (χ4v) is 2.38. The minimum Gasteiger partial charge on any atom is -0.352 e. The molecule has 6 heteroatoms. The molecule has 1 saturated heterocycles. The van der Waals surface area contributed by atoms with Crippen molar-refractivity contribution in [2.75, 3.05) is 18.0 Å². The lowest BCUT2D eigenvalue weighted by Gasteiger charge is -2.31. The number of hydrogen-bond donors (Lipinski definition) is 1. The van der Waals surface area contributed by atoms with Gasteiger partial charge in [0.2, 0.25) is 5.91 Å². The summed E-state index contributed by atoms with van der Waals surface area (Å²) in [4.78, 5) is 18.2. The molecule has 1 aliphatic rings. The average Bonchev–Trinajstić information content (AvgIpc) is 2.89. The van der Waals surface area contributed by atoms with Crippen LogP contribution in [0.15, 0.2) is 4.52 Å². The van der Waals surface area contributed by atoms with Gasteiger partial charge in [-0.1, -0.05) is 25.9 Å². The van der Waals surface area contributed by atoms with Crippen molar-refractivity contribution in [2.24, 2.45) is 0 Å². The highest BCUT2D eigenvalue weighted by Crippen LogP contribution is 2.20. The maximum Gasteiger partial charge on any atom is 0.324 e. The van der Waals surface area contributed by atoms with E-state index < -0.39 is 0 Å². The summed E-state index contributed by atoms with van der Waals surface area (Å²) in [5.41, 5.74) is 0. The fourth-order valence-electron chi connectivity index (χ4n) is 2.38. The van der Waals surface area contributed by atoms with Crippen LogP contribution in [-0.2, 0) is 4.79 Å². The van der Waals surface area contributed by atoms with Gasteiger partial charge in [0.25, 0.3) is 0 Å². The van der Waals surface area contributed by atoms with Crippen LogP contribution in [0, 0.1) is 0 Å². The quantitative estimate of drug-likeness (QED) is 0.894. The molecule has 2 rings (SSSR count). The fraction of sp³-hybridized carbons (Fsp3) is 0.786. The number of aromatic nitrogens is 2. The van der Waals surface area contributed by atoms with E-state index in [0.29, 0.717) is 12.4 Å². The molecule has 0 aromatic carbocycles. The number of amides is 1. The lowest BCUT2D eigenvalue weighted by Crippen LogP contribution is -2.47. The third kappa shape index (κ3) is 3.71. The minimum absolute atomic E-state index is 0.132. The Bertz CT molecular complexity index is 444. The average molecular weight is 280 g/mol. The number of nitrogens with zero attached hydrogens (tertiary/aromatic N) is 3. The first-order valence-corrected chi connectivity index (χ1v) is 7.48. The van der Waals surface area contributed by atoms with Crippen molar-refractivity contribution >= 4 is 11.9 Å². The normalized spacial score (nSPS) is 19.4. The Kier molecular flexibility index (Phi) is 4.98. The Hall–Kier alpha value is -1.59. The number of piperidine rings is 1. The highest BCUT2D eigenvalue weighted by Gasteiger charge is 2.25. The van der Waals surface area contributed by atoms with Gasteiger partial charge in [0.15, 0.2) is 5.82 Å². The summed E-state index contributed by atoms with van der Waals surface area (Å²) in [6, 6.07) is 0.750. The molecule has 1 N–H and O–H groups in total. The van der Waals surface area contributed by atoms with Crippen molar-refractivity contribution in [3.05, 3.63) is 5.82 Å². The number of carbonyl (C=O) groups excluding carboxylic acids is 1. The molecule has 0 bridgehead atoms. The summed E-state index contributed by atoms with van der Waals surface area (Å²) in [5, 5.41) is 7.07. The van der Waals surface area contributed by atoms with E-state index in [2.05, 4.69) is 20.4 Å². The SMILES string of the molecule is CCCC(=O)NC1CCCN(c2nc(C(C)C)no2)C1. The van der Waals surface area contributed by atoms with Crippen LogP contribution < -0.4 is 10.2 Å². The summed E-state index contributed by atoms with van der Waals surface area (Å²) >= 11 is 0. The molecule has 0 spiro atoms. The molecule has 1 unspecified atom stereocenters. The van der Waals surface area contributed by atoms with Crippen LogP contribution in [0.4, 0.5) is 6.01 Å². The van der Waals surface area contributed by atoms with E-state index in [1.54, 1.807) is 0 Å². The zero-order valence-electron chi connectivity index (χ0n) is 12.6. The molecule has 1 aliphatic heterocycles. The lowest BCUT2D eigenvalue weighted by molar-refractivity contribution is -0.121. The summed E-state index contributed by atoms with van der Waals surface area (Å²) in [7, 11) is 0. The number of hydrogen-bond acceptors (Lipinski definition) is 5. The van der Waals surface area contributed by atoms with Gasteiger partial charge in [-0.05, 0) is 19.3 Å². The Labute approximate surface area is 119 Å². The van der Waals surface area contributed by atoms with Crippen molar-refractivity contribution in [3.63, 3.8) is 0 Å². The molecule has 20 heavy (non-hydrogen) atoms. The predicted molar refractivity (Wildman–Crippen MR) is 76.7 cm³/mol. The summed E-state index contributed by atoms with van der Waals surface area (Å²) in [6.07, 6.45) is 3.51. The minimum atomic E-state index is 0.132. The van der Waals surface area contributed by atoms with Gasteiger partial charge >= 0.3 is 6.01 Å². The molecule has 112 valence electrons. The smallest absolute Gasteiger partial charge is 0.324 e. The van der Waals surface area contributed by atoms with E-state index in [4.69, 9.17) is 4.52 Å². The maximum atomic E-state index is 11.7. The third-order valence-corrected chi connectivity index (χ3v) is 3.48. The molecule has 0 aliphatic carbocycles. The van der Waals surface area contributed by atoms with Gasteiger partial charge in [-0.3, -0.25) is 4.79 Å². The molecular formula is C14H24N4O2. The van der Waals surface area contributed by atoms with E-state index in [9.17, 15) is 4.79 Å². The molecule has 2 heterocycles. The van der Waals surface area contributed by atoms with Crippen molar-refractivity contribution in [2.45, 2.75) is 58.4 Å². The van der Waals surface area contributed by atoms with Gasteiger partial charge in [-0.25, -0.2) is 0 Å². The Morgan fingerprint density at radius 2 is 2.35 bits per heavy atom. The highest BCUT2D eigenvalue weighted by atomic mass is 16.5. The summed E-state index contributed by atoms with van der Waals surface area (Å²) < 4.78 is 5.32. The second-order valence-electron chi connectivity index (χ2n) is 5.69. The van der Waals surface area contributed by atoms with E-state index in [0.717, 1.165) is 38.2 Å². The summed E-state index contributed by atoms with van der Waals surface area (Å²) in [6.45, 7) is 7.74. The van der Waals surface area contributed by atoms with Crippen molar-refractivity contribution in [1.82, 2.24) is 15.5 Å². The predicted octanol–water partition coefficient (Wildman–Crippen LogP) is 2.08. The molecule has 0 radical (unpaired) electrons. The van der Waals surface area contributed by atoms with Gasteiger partial charge in [0.05, 0.1) is 0 Å². The molecule has 6 nitrogen and oxygen atoms in total. The van der Waals surface area contributed by atoms with Crippen molar-refractivity contribution < 1.29 is 9.32 Å². The second kappa shape index (κ2) is 6.72. The third-order valence-electron chi connectivity index (χ3n) is 3.48. The first-order chi connectivity index (χ1) is 9.60. The van der Waals surface area contributed by atoms with Gasteiger partial charge < -0.3 is 14.7 Å². The first kappa shape index (κ1) is 14.8. The van der Waals surface area contributed by atoms with Crippen LogP contribution in [0.25, 0.3) is 0 Å². The second-order valence-corrected chi connectivity index (χ2v) is 5.69. The summed E-state index contributed by atoms with van der Waals surface area (Å²) in [5.74, 6) is 1.13. The molecule has 0 saturated carbocycles. The van der Waals surface area contributed by atoms with Crippen LogP contribution in [0.3, 0.4) is 0 Å².